The van der Waals surface area contributed by atoms with Crippen LogP contribution in [0.3, 0.4) is 0 Å². The molecule has 0 saturated carbocycles. The van der Waals surface area contributed by atoms with Gasteiger partial charge in [0.1, 0.15) is 5.82 Å². The third kappa shape index (κ3) is 5.15. The van der Waals surface area contributed by atoms with Crippen molar-refractivity contribution in [1.82, 2.24) is 25.1 Å². The highest BCUT2D eigenvalue weighted by Crippen LogP contribution is 2.21. The first-order chi connectivity index (χ1) is 16.7. The average Bonchev–Trinajstić information content (AvgIpc) is 3.35. The van der Waals surface area contributed by atoms with Crippen molar-refractivity contribution < 1.29 is 9.13 Å². The van der Waals surface area contributed by atoms with Gasteiger partial charge < -0.3 is 15.0 Å². The van der Waals surface area contributed by atoms with Crippen molar-refractivity contribution in [2.75, 3.05) is 41.9 Å². The Kier molecular flexibility index (Phi) is 6.34. The second-order valence-corrected chi connectivity index (χ2v) is 7.45. The fraction of sp³-hybridized carbons (Fsp3) is 0.174. The summed E-state index contributed by atoms with van der Waals surface area (Å²) in [6, 6.07) is 15.8. The van der Waals surface area contributed by atoms with Crippen LogP contribution in [0.25, 0.3) is 11.3 Å². The maximum atomic E-state index is 13.3. The van der Waals surface area contributed by atoms with Crippen LogP contribution < -0.4 is 15.6 Å². The summed E-state index contributed by atoms with van der Waals surface area (Å²) in [6.07, 6.45) is 3.35. The number of nitrogens with zero attached hydrogens (tertiary/aromatic N) is 6. The minimum absolute atomic E-state index is 0.266. The number of aromatic nitrogens is 5. The standard InChI is InChI=1S/C23H22FN9O/c24-18-6-8-19(9-7-18)27-21-28-22(30-23(29-21)33-10-12-34-13-11-33)32-26-15-17-14-25-31-20(17)16-4-2-1-3-5-16/h1-9,14-15H,10-13H2,(H,25,31)(H2,27,28,29,30,32)/b26-15+. The van der Waals surface area contributed by atoms with E-state index >= 15 is 0 Å². The fourth-order valence-corrected chi connectivity index (χ4v) is 3.43. The molecule has 11 heteroatoms. The Labute approximate surface area is 194 Å². The van der Waals surface area contributed by atoms with Gasteiger partial charge in [-0.2, -0.15) is 25.2 Å². The number of rotatable bonds is 7. The van der Waals surface area contributed by atoms with Crippen molar-refractivity contribution in [3.63, 3.8) is 0 Å². The molecule has 0 atom stereocenters. The van der Waals surface area contributed by atoms with Crippen LogP contribution in [0.4, 0.5) is 27.9 Å². The molecule has 1 aliphatic heterocycles. The minimum atomic E-state index is -0.319. The molecule has 0 unspecified atom stereocenters. The molecule has 34 heavy (non-hydrogen) atoms. The highest BCUT2D eigenvalue weighted by molar-refractivity contribution is 5.88. The van der Waals surface area contributed by atoms with E-state index in [1.807, 2.05) is 35.2 Å². The minimum Gasteiger partial charge on any atom is -0.378 e. The Bertz CT molecular complexity index is 1260. The van der Waals surface area contributed by atoms with Crippen molar-refractivity contribution in [1.29, 1.82) is 0 Å². The maximum Gasteiger partial charge on any atom is 0.250 e. The van der Waals surface area contributed by atoms with Gasteiger partial charge in [0, 0.05) is 29.9 Å². The summed E-state index contributed by atoms with van der Waals surface area (Å²) in [6.45, 7) is 2.52. The molecule has 10 nitrogen and oxygen atoms in total. The largest absolute Gasteiger partial charge is 0.378 e. The molecule has 0 radical (unpaired) electrons. The lowest BCUT2D eigenvalue weighted by atomic mass is 10.1. The lowest BCUT2D eigenvalue weighted by molar-refractivity contribution is 0.122. The number of nitrogens with one attached hydrogen (secondary N) is 3. The van der Waals surface area contributed by atoms with Gasteiger partial charge in [-0.3, -0.25) is 5.10 Å². The summed E-state index contributed by atoms with van der Waals surface area (Å²) < 4.78 is 18.7. The highest BCUT2D eigenvalue weighted by atomic mass is 19.1. The molecule has 3 N–H and O–H groups in total. The Balaban J connectivity index is 1.38. The van der Waals surface area contributed by atoms with Crippen LogP contribution in [0.2, 0.25) is 0 Å². The number of H-pyrrole nitrogens is 1. The van der Waals surface area contributed by atoms with E-state index < -0.39 is 0 Å². The van der Waals surface area contributed by atoms with Gasteiger partial charge in [0.05, 0.1) is 31.3 Å². The molecule has 1 fully saturated rings. The van der Waals surface area contributed by atoms with E-state index in [0.717, 1.165) is 16.8 Å². The molecule has 0 aliphatic carbocycles. The lowest BCUT2D eigenvalue weighted by Gasteiger charge is -2.27. The summed E-state index contributed by atoms with van der Waals surface area (Å²) in [7, 11) is 0. The van der Waals surface area contributed by atoms with Gasteiger partial charge in [-0.1, -0.05) is 30.3 Å². The monoisotopic (exact) mass is 459 g/mol. The van der Waals surface area contributed by atoms with Crippen LogP contribution in [-0.4, -0.2) is 57.7 Å². The highest BCUT2D eigenvalue weighted by Gasteiger charge is 2.17. The SMILES string of the molecule is Fc1ccc(Nc2nc(N/N=C/c3cn[nH]c3-c3ccccc3)nc(N3CCOCC3)n2)cc1. The van der Waals surface area contributed by atoms with Crippen molar-refractivity contribution in [3.8, 4) is 11.3 Å². The molecule has 4 aromatic rings. The molecule has 1 aliphatic rings. The van der Waals surface area contributed by atoms with Crippen LogP contribution in [0, 0.1) is 5.82 Å². The van der Waals surface area contributed by atoms with Crippen LogP contribution in [0.5, 0.6) is 0 Å². The molecular formula is C23H22FN9O. The Morgan fingerprint density at radius 2 is 1.74 bits per heavy atom. The quantitative estimate of drug-likeness (QED) is 0.284. The van der Waals surface area contributed by atoms with Gasteiger partial charge in [0.25, 0.3) is 0 Å². The second kappa shape index (κ2) is 10.0. The van der Waals surface area contributed by atoms with E-state index in [0.29, 0.717) is 43.9 Å². The molecule has 3 heterocycles. The van der Waals surface area contributed by atoms with Gasteiger partial charge in [0.2, 0.25) is 17.8 Å². The summed E-state index contributed by atoms with van der Waals surface area (Å²) >= 11 is 0. The normalized spacial score (nSPS) is 13.9. The summed E-state index contributed by atoms with van der Waals surface area (Å²) in [5.41, 5.74) is 6.21. The topological polar surface area (TPSA) is 116 Å². The average molecular weight is 459 g/mol. The second-order valence-electron chi connectivity index (χ2n) is 7.45. The predicted octanol–water partition coefficient (Wildman–Crippen LogP) is 3.43. The van der Waals surface area contributed by atoms with Gasteiger partial charge in [-0.05, 0) is 24.3 Å². The van der Waals surface area contributed by atoms with Crippen molar-refractivity contribution >= 4 is 29.7 Å². The molecule has 5 rings (SSSR count). The number of anilines is 4. The molecule has 0 bridgehead atoms. The zero-order valence-electron chi connectivity index (χ0n) is 18.1. The van der Waals surface area contributed by atoms with E-state index in [4.69, 9.17) is 4.74 Å². The summed E-state index contributed by atoms with van der Waals surface area (Å²) in [5.74, 6) is 0.756. The molecule has 2 aromatic carbocycles. The van der Waals surface area contributed by atoms with Crippen LogP contribution in [-0.2, 0) is 4.74 Å². The van der Waals surface area contributed by atoms with Gasteiger partial charge >= 0.3 is 0 Å². The van der Waals surface area contributed by atoms with E-state index in [-0.39, 0.29) is 11.8 Å². The fourth-order valence-electron chi connectivity index (χ4n) is 3.43. The summed E-state index contributed by atoms with van der Waals surface area (Å²) in [5, 5.41) is 14.5. The third-order valence-electron chi connectivity index (χ3n) is 5.12. The first-order valence-corrected chi connectivity index (χ1v) is 10.7. The first-order valence-electron chi connectivity index (χ1n) is 10.7. The van der Waals surface area contributed by atoms with Crippen molar-refractivity contribution in [2.24, 2.45) is 5.10 Å². The van der Waals surface area contributed by atoms with E-state index in [9.17, 15) is 4.39 Å². The number of hydrogen-bond acceptors (Lipinski definition) is 9. The summed E-state index contributed by atoms with van der Waals surface area (Å²) in [4.78, 5) is 15.5. The number of halogens is 1. The molecule has 2 aromatic heterocycles. The van der Waals surface area contributed by atoms with E-state index in [2.05, 4.69) is 41.0 Å². The third-order valence-corrected chi connectivity index (χ3v) is 5.12. The lowest BCUT2D eigenvalue weighted by Crippen LogP contribution is -2.37. The zero-order chi connectivity index (χ0) is 23.2. The first kappa shape index (κ1) is 21.5. The number of hydrogen-bond donors (Lipinski definition) is 3. The number of aromatic amines is 1. The van der Waals surface area contributed by atoms with Crippen LogP contribution >= 0.6 is 0 Å². The van der Waals surface area contributed by atoms with Gasteiger partial charge in [0.15, 0.2) is 0 Å². The number of ether oxygens (including phenoxy) is 1. The van der Waals surface area contributed by atoms with Gasteiger partial charge in [-0.25, -0.2) is 9.82 Å². The number of hydrazone groups is 1. The van der Waals surface area contributed by atoms with Crippen LogP contribution in [0.15, 0.2) is 65.9 Å². The Morgan fingerprint density at radius 1 is 0.971 bits per heavy atom. The van der Waals surface area contributed by atoms with Crippen molar-refractivity contribution in [2.45, 2.75) is 0 Å². The van der Waals surface area contributed by atoms with E-state index in [1.165, 1.54) is 12.1 Å². The maximum absolute atomic E-state index is 13.3. The molecule has 1 saturated heterocycles. The van der Waals surface area contributed by atoms with Crippen LogP contribution in [0.1, 0.15) is 5.56 Å². The number of benzene rings is 2. The predicted molar refractivity (Wildman–Crippen MR) is 128 cm³/mol. The molecule has 172 valence electrons. The number of morpholine rings is 1. The van der Waals surface area contributed by atoms with E-state index in [1.54, 1.807) is 24.5 Å². The van der Waals surface area contributed by atoms with Gasteiger partial charge in [-0.15, -0.1) is 0 Å². The smallest absolute Gasteiger partial charge is 0.250 e. The molecule has 0 amide bonds. The molecule has 0 spiro atoms. The van der Waals surface area contributed by atoms with Crippen molar-refractivity contribution in [3.05, 3.63) is 72.2 Å². The Hall–Kier alpha value is -4.38. The Morgan fingerprint density at radius 3 is 2.53 bits per heavy atom. The molecular weight excluding hydrogens is 437 g/mol. The zero-order valence-corrected chi connectivity index (χ0v) is 18.1.